The molecule has 1 atom stereocenters. The van der Waals surface area contributed by atoms with Gasteiger partial charge in [-0.15, -0.1) is 0 Å². The molecule has 4 aromatic rings. The molecular formula is C23H21N3O3. The lowest BCUT2D eigenvalue weighted by atomic mass is 10.1. The van der Waals surface area contributed by atoms with Crippen LogP contribution in [-0.2, 0) is 0 Å². The molecule has 4 rings (SSSR count). The van der Waals surface area contributed by atoms with Crippen molar-refractivity contribution in [2.75, 3.05) is 0 Å². The first-order chi connectivity index (χ1) is 14.0. The number of para-hydroxylation sites is 2. The maximum atomic E-state index is 12.7. The van der Waals surface area contributed by atoms with Gasteiger partial charge >= 0.3 is 5.63 Å². The summed E-state index contributed by atoms with van der Waals surface area (Å²) < 4.78 is 7.13. The van der Waals surface area contributed by atoms with Crippen LogP contribution >= 0.6 is 0 Å². The summed E-state index contributed by atoms with van der Waals surface area (Å²) >= 11 is 0. The fourth-order valence-corrected chi connectivity index (χ4v) is 3.46. The van der Waals surface area contributed by atoms with Gasteiger partial charge in [-0.3, -0.25) is 4.79 Å². The van der Waals surface area contributed by atoms with Crippen LogP contribution in [0, 0.1) is 13.8 Å². The van der Waals surface area contributed by atoms with Gasteiger partial charge in [-0.25, -0.2) is 9.48 Å². The second-order valence-electron chi connectivity index (χ2n) is 7.06. The summed E-state index contributed by atoms with van der Waals surface area (Å²) in [4.78, 5) is 25.0. The number of fused-ring (bicyclic) bond motifs is 1. The lowest BCUT2D eigenvalue weighted by molar-refractivity contribution is 0.0936. The second-order valence-corrected chi connectivity index (χ2v) is 7.06. The molecule has 1 N–H and O–H groups in total. The van der Waals surface area contributed by atoms with Gasteiger partial charge in [0.15, 0.2) is 0 Å². The number of hydrogen-bond donors (Lipinski definition) is 1. The molecule has 0 bridgehead atoms. The van der Waals surface area contributed by atoms with Crippen LogP contribution in [0.2, 0.25) is 0 Å². The predicted molar refractivity (Wildman–Crippen MR) is 111 cm³/mol. The first-order valence-corrected chi connectivity index (χ1v) is 9.40. The van der Waals surface area contributed by atoms with Gasteiger partial charge in [0.1, 0.15) is 11.1 Å². The third kappa shape index (κ3) is 3.45. The van der Waals surface area contributed by atoms with Gasteiger partial charge in [0, 0.05) is 16.6 Å². The normalized spacial score (nSPS) is 12.1. The van der Waals surface area contributed by atoms with Gasteiger partial charge in [-0.2, -0.15) is 5.10 Å². The summed E-state index contributed by atoms with van der Waals surface area (Å²) in [7, 11) is 0. The minimum Gasteiger partial charge on any atom is -0.422 e. The van der Waals surface area contributed by atoms with Crippen molar-refractivity contribution >= 4 is 16.9 Å². The Morgan fingerprint density at radius 2 is 1.83 bits per heavy atom. The molecule has 0 aliphatic rings. The Balaban J connectivity index is 1.61. The fourth-order valence-electron chi connectivity index (χ4n) is 3.46. The maximum Gasteiger partial charge on any atom is 0.349 e. The molecule has 0 spiro atoms. The number of rotatable bonds is 4. The van der Waals surface area contributed by atoms with E-state index in [0.29, 0.717) is 11.0 Å². The smallest absolute Gasteiger partial charge is 0.349 e. The topological polar surface area (TPSA) is 77.1 Å². The Hall–Kier alpha value is -3.67. The van der Waals surface area contributed by atoms with Crippen LogP contribution in [0.3, 0.4) is 0 Å². The van der Waals surface area contributed by atoms with Crippen molar-refractivity contribution in [1.29, 1.82) is 0 Å². The Labute approximate surface area is 167 Å². The number of carbonyl (C=O) groups is 1. The molecule has 146 valence electrons. The van der Waals surface area contributed by atoms with Gasteiger partial charge < -0.3 is 9.73 Å². The van der Waals surface area contributed by atoms with E-state index in [-0.39, 0.29) is 11.6 Å². The van der Waals surface area contributed by atoms with E-state index < -0.39 is 11.5 Å². The molecule has 0 saturated heterocycles. The highest BCUT2D eigenvalue weighted by atomic mass is 16.4. The molecule has 0 aliphatic carbocycles. The van der Waals surface area contributed by atoms with Crippen LogP contribution < -0.4 is 10.9 Å². The summed E-state index contributed by atoms with van der Waals surface area (Å²) in [6, 6.07) is 16.3. The average Bonchev–Trinajstić information content (AvgIpc) is 3.09. The summed E-state index contributed by atoms with van der Waals surface area (Å²) in [5, 5.41) is 8.08. The van der Waals surface area contributed by atoms with E-state index in [9.17, 15) is 9.59 Å². The zero-order valence-electron chi connectivity index (χ0n) is 16.5. The number of benzene rings is 2. The zero-order chi connectivity index (χ0) is 20.5. The summed E-state index contributed by atoms with van der Waals surface area (Å²) in [6.07, 6.45) is 1.75. The standard InChI is InChI=1S/C23H21N3O3/c1-14-8-4-6-10-20(14)26-16(3)19(13-24-26)15(2)25-22(27)18-12-17-9-5-7-11-21(17)29-23(18)28/h4-13,15H,1-3H3,(H,25,27). The molecule has 0 fully saturated rings. The molecule has 6 heteroatoms. The van der Waals surface area contributed by atoms with E-state index in [1.807, 2.05) is 55.8 Å². The van der Waals surface area contributed by atoms with Gasteiger partial charge in [0.25, 0.3) is 5.91 Å². The maximum absolute atomic E-state index is 12.7. The van der Waals surface area contributed by atoms with E-state index in [2.05, 4.69) is 10.4 Å². The molecular weight excluding hydrogens is 366 g/mol. The van der Waals surface area contributed by atoms with E-state index in [1.54, 1.807) is 30.5 Å². The summed E-state index contributed by atoms with van der Waals surface area (Å²) in [5.41, 5.74) is 3.70. The Kier molecular flexibility index (Phi) is 4.76. The van der Waals surface area contributed by atoms with Crippen LogP contribution in [0.1, 0.15) is 40.1 Å². The fraction of sp³-hybridized carbons (Fsp3) is 0.174. The first-order valence-electron chi connectivity index (χ1n) is 9.40. The average molecular weight is 387 g/mol. The lowest BCUT2D eigenvalue weighted by Gasteiger charge is -2.14. The van der Waals surface area contributed by atoms with E-state index in [1.165, 1.54) is 0 Å². The van der Waals surface area contributed by atoms with E-state index in [0.717, 1.165) is 22.5 Å². The lowest BCUT2D eigenvalue weighted by Crippen LogP contribution is -2.30. The number of hydrogen-bond acceptors (Lipinski definition) is 4. The molecule has 29 heavy (non-hydrogen) atoms. The minimum absolute atomic E-state index is 0.0144. The van der Waals surface area contributed by atoms with Crippen LogP contribution in [0.4, 0.5) is 0 Å². The van der Waals surface area contributed by atoms with E-state index >= 15 is 0 Å². The van der Waals surface area contributed by atoms with Crippen molar-refractivity contribution in [1.82, 2.24) is 15.1 Å². The van der Waals surface area contributed by atoms with Crippen molar-refractivity contribution < 1.29 is 9.21 Å². The predicted octanol–water partition coefficient (Wildman–Crippen LogP) is 4.09. The molecule has 0 radical (unpaired) electrons. The molecule has 2 aromatic carbocycles. The Bertz CT molecular complexity index is 1270. The molecule has 1 unspecified atom stereocenters. The Morgan fingerprint density at radius 3 is 2.62 bits per heavy atom. The van der Waals surface area contributed by atoms with Crippen molar-refractivity contribution in [2.45, 2.75) is 26.8 Å². The number of nitrogens with one attached hydrogen (secondary N) is 1. The number of nitrogens with zero attached hydrogens (tertiary/aromatic N) is 2. The number of aryl methyl sites for hydroxylation is 1. The van der Waals surface area contributed by atoms with Crippen LogP contribution in [0.25, 0.3) is 16.7 Å². The van der Waals surface area contributed by atoms with Crippen LogP contribution in [0.5, 0.6) is 0 Å². The zero-order valence-corrected chi connectivity index (χ0v) is 16.5. The number of aromatic nitrogens is 2. The second kappa shape index (κ2) is 7.39. The van der Waals surface area contributed by atoms with Crippen molar-refractivity contribution in [3.05, 3.63) is 93.6 Å². The van der Waals surface area contributed by atoms with Crippen molar-refractivity contribution in [3.8, 4) is 5.69 Å². The van der Waals surface area contributed by atoms with Gasteiger partial charge in [0.05, 0.1) is 17.9 Å². The largest absolute Gasteiger partial charge is 0.422 e. The molecule has 6 nitrogen and oxygen atoms in total. The van der Waals surface area contributed by atoms with Crippen LogP contribution in [-0.4, -0.2) is 15.7 Å². The Morgan fingerprint density at radius 1 is 1.10 bits per heavy atom. The molecule has 0 saturated carbocycles. The highest BCUT2D eigenvalue weighted by Gasteiger charge is 2.20. The molecule has 0 aliphatic heterocycles. The minimum atomic E-state index is -0.652. The molecule has 2 aromatic heterocycles. The number of amides is 1. The van der Waals surface area contributed by atoms with Gasteiger partial charge in [0.2, 0.25) is 0 Å². The molecule has 2 heterocycles. The highest BCUT2D eigenvalue weighted by Crippen LogP contribution is 2.22. The summed E-state index contributed by atoms with van der Waals surface area (Å²) in [6.45, 7) is 5.86. The van der Waals surface area contributed by atoms with E-state index in [4.69, 9.17) is 4.42 Å². The van der Waals surface area contributed by atoms with Crippen molar-refractivity contribution in [3.63, 3.8) is 0 Å². The third-order valence-electron chi connectivity index (χ3n) is 5.09. The monoisotopic (exact) mass is 387 g/mol. The summed E-state index contributed by atoms with van der Waals surface area (Å²) in [5.74, 6) is -0.472. The highest BCUT2D eigenvalue weighted by molar-refractivity contribution is 5.96. The number of carbonyl (C=O) groups excluding carboxylic acids is 1. The molecule has 1 amide bonds. The van der Waals surface area contributed by atoms with Gasteiger partial charge in [-0.05, 0) is 44.5 Å². The van der Waals surface area contributed by atoms with Crippen molar-refractivity contribution in [2.24, 2.45) is 0 Å². The SMILES string of the molecule is Cc1ccccc1-n1ncc(C(C)NC(=O)c2cc3ccccc3oc2=O)c1C. The van der Waals surface area contributed by atoms with Gasteiger partial charge in [-0.1, -0.05) is 36.4 Å². The quantitative estimate of drug-likeness (QED) is 0.535. The van der Waals surface area contributed by atoms with Crippen LogP contribution in [0.15, 0.2) is 70.0 Å². The third-order valence-corrected chi connectivity index (χ3v) is 5.09. The first kappa shape index (κ1) is 18.7.